The lowest BCUT2D eigenvalue weighted by molar-refractivity contribution is 0.0318. The van der Waals surface area contributed by atoms with E-state index in [-0.39, 0.29) is 5.91 Å². The van der Waals surface area contributed by atoms with Crippen molar-refractivity contribution in [3.05, 3.63) is 47.8 Å². The maximum absolute atomic E-state index is 12.8. The highest BCUT2D eigenvalue weighted by Gasteiger charge is 2.27. The molecule has 3 rings (SSSR count). The van der Waals surface area contributed by atoms with Crippen LogP contribution in [0.15, 0.2) is 30.7 Å². The number of methoxy groups -OCH3 is 1. The Hall–Kier alpha value is -2.25. The van der Waals surface area contributed by atoms with Gasteiger partial charge in [-0.2, -0.15) is 0 Å². The first kappa shape index (κ1) is 21.5. The molecule has 3 heterocycles. The Morgan fingerprint density at radius 2 is 2.03 bits per heavy atom. The molecule has 2 aromatic rings. The van der Waals surface area contributed by atoms with E-state index in [9.17, 15) is 4.79 Å². The Bertz CT molecular complexity index is 752. The summed E-state index contributed by atoms with van der Waals surface area (Å²) >= 11 is 0. The minimum atomic E-state index is 0.0248. The van der Waals surface area contributed by atoms with Crippen LogP contribution in [0.2, 0.25) is 0 Å². The van der Waals surface area contributed by atoms with Crippen molar-refractivity contribution in [1.29, 1.82) is 0 Å². The number of carbonyl (C=O) groups is 1. The summed E-state index contributed by atoms with van der Waals surface area (Å²) < 4.78 is 12.7. The number of nitrogens with zero attached hydrogens (tertiary/aromatic N) is 4. The summed E-state index contributed by atoms with van der Waals surface area (Å²) in [6.07, 6.45) is 10.7. The third-order valence-electron chi connectivity index (χ3n) is 5.42. The highest BCUT2D eigenvalue weighted by Crippen LogP contribution is 2.27. The number of unbranched alkanes of at least 4 members (excludes halogenated alkanes) is 1. The maximum Gasteiger partial charge on any atom is 0.272 e. The monoisotopic (exact) mass is 400 g/mol. The van der Waals surface area contributed by atoms with E-state index >= 15 is 0 Å². The average Bonchev–Trinajstić information content (AvgIpc) is 3.24. The quantitative estimate of drug-likeness (QED) is 0.573. The third-order valence-corrected chi connectivity index (χ3v) is 5.42. The van der Waals surface area contributed by atoms with Crippen LogP contribution < -0.4 is 0 Å². The predicted octanol–water partition coefficient (Wildman–Crippen LogP) is 3.26. The molecule has 0 aromatic carbocycles. The summed E-state index contributed by atoms with van der Waals surface area (Å²) in [5.41, 5.74) is 1.73. The first-order chi connectivity index (χ1) is 14.2. The van der Waals surface area contributed by atoms with E-state index < -0.39 is 0 Å². The summed E-state index contributed by atoms with van der Waals surface area (Å²) in [6.45, 7) is 5.24. The molecule has 29 heavy (non-hydrogen) atoms. The van der Waals surface area contributed by atoms with Crippen LogP contribution in [0.25, 0.3) is 0 Å². The van der Waals surface area contributed by atoms with Gasteiger partial charge in [-0.1, -0.05) is 19.4 Å². The van der Waals surface area contributed by atoms with Gasteiger partial charge in [0.05, 0.1) is 13.2 Å². The van der Waals surface area contributed by atoms with Crippen molar-refractivity contribution in [1.82, 2.24) is 19.4 Å². The highest BCUT2D eigenvalue weighted by atomic mass is 16.5. The largest absolute Gasteiger partial charge is 0.382 e. The van der Waals surface area contributed by atoms with E-state index in [1.165, 1.54) is 5.56 Å². The first-order valence-electron chi connectivity index (χ1n) is 10.5. The molecule has 1 aliphatic rings. The minimum absolute atomic E-state index is 0.0248. The van der Waals surface area contributed by atoms with Crippen molar-refractivity contribution in [3.8, 4) is 0 Å². The van der Waals surface area contributed by atoms with E-state index in [4.69, 9.17) is 9.47 Å². The topological polar surface area (TPSA) is 69.5 Å². The number of aryl methyl sites for hydroxylation is 1. The van der Waals surface area contributed by atoms with Gasteiger partial charge in [-0.05, 0) is 37.3 Å². The van der Waals surface area contributed by atoms with E-state index in [2.05, 4.69) is 16.9 Å². The smallest absolute Gasteiger partial charge is 0.272 e. The molecule has 1 amide bonds. The molecule has 0 radical (unpaired) electrons. The Labute approximate surface area is 173 Å². The molecule has 0 spiro atoms. The van der Waals surface area contributed by atoms with Crippen LogP contribution in [0, 0.1) is 0 Å². The number of rotatable bonds is 10. The molecule has 0 atom stereocenters. The Morgan fingerprint density at radius 3 is 2.72 bits per heavy atom. The van der Waals surface area contributed by atoms with Crippen LogP contribution >= 0.6 is 0 Å². The molecule has 1 saturated heterocycles. The van der Waals surface area contributed by atoms with Gasteiger partial charge in [0.1, 0.15) is 18.2 Å². The summed E-state index contributed by atoms with van der Waals surface area (Å²) in [6, 6.07) is 3.90. The number of hydrogen-bond acceptors (Lipinski definition) is 5. The van der Waals surface area contributed by atoms with E-state index in [0.717, 1.165) is 51.0 Å². The Balaban J connectivity index is 1.51. The van der Waals surface area contributed by atoms with Crippen molar-refractivity contribution in [3.63, 3.8) is 0 Å². The first-order valence-corrected chi connectivity index (χ1v) is 10.5. The van der Waals surface area contributed by atoms with Crippen molar-refractivity contribution in [2.75, 3.05) is 33.4 Å². The number of aromatic nitrogens is 3. The summed E-state index contributed by atoms with van der Waals surface area (Å²) in [5, 5.41) is 0. The second-order valence-electron chi connectivity index (χ2n) is 7.51. The lowest BCUT2D eigenvalue weighted by Gasteiger charge is -2.31. The zero-order valence-corrected chi connectivity index (χ0v) is 17.5. The van der Waals surface area contributed by atoms with E-state index in [0.29, 0.717) is 31.6 Å². The van der Waals surface area contributed by atoms with Crippen molar-refractivity contribution < 1.29 is 14.3 Å². The highest BCUT2D eigenvalue weighted by molar-refractivity contribution is 5.92. The standard InChI is InChI=1S/C22H32N4O3/c1-3-4-5-18-6-7-20(24-16-18)22(27)25-11-8-19(9-12-25)21-23-10-13-26(21)17-29-15-14-28-2/h6-7,10,13,16,19H,3-5,8-9,11-12,14-15,17H2,1-2H3. The molecule has 0 bridgehead atoms. The van der Waals surface area contributed by atoms with Gasteiger partial charge in [-0.15, -0.1) is 0 Å². The van der Waals surface area contributed by atoms with Gasteiger partial charge in [0.25, 0.3) is 5.91 Å². The summed E-state index contributed by atoms with van der Waals surface area (Å²) in [5.74, 6) is 1.40. The van der Waals surface area contributed by atoms with Crippen LogP contribution in [-0.2, 0) is 22.6 Å². The van der Waals surface area contributed by atoms with Gasteiger partial charge in [-0.3, -0.25) is 9.78 Å². The molecule has 7 heteroatoms. The second kappa shape index (κ2) is 11.1. The SMILES string of the molecule is CCCCc1ccc(C(=O)N2CCC(c3nccn3COCCOC)CC2)nc1. The van der Waals surface area contributed by atoms with Gasteiger partial charge in [0, 0.05) is 44.7 Å². The van der Waals surface area contributed by atoms with Gasteiger partial charge in [0.15, 0.2) is 0 Å². The fraction of sp³-hybridized carbons (Fsp3) is 0.591. The molecule has 2 aromatic heterocycles. The molecule has 158 valence electrons. The van der Waals surface area contributed by atoms with Crippen LogP contribution in [-0.4, -0.2) is 58.8 Å². The number of piperidine rings is 1. The van der Waals surface area contributed by atoms with Gasteiger partial charge >= 0.3 is 0 Å². The normalized spacial score (nSPS) is 15.0. The lowest BCUT2D eigenvalue weighted by atomic mass is 9.95. The molecule has 0 aliphatic carbocycles. The third kappa shape index (κ3) is 5.87. The Kier molecular flexibility index (Phi) is 8.19. The number of pyridine rings is 1. The predicted molar refractivity (Wildman–Crippen MR) is 111 cm³/mol. The number of amides is 1. The molecule has 7 nitrogen and oxygen atoms in total. The van der Waals surface area contributed by atoms with Gasteiger partial charge in [0.2, 0.25) is 0 Å². The zero-order valence-electron chi connectivity index (χ0n) is 17.5. The van der Waals surface area contributed by atoms with Crippen molar-refractivity contribution in [2.24, 2.45) is 0 Å². The number of imidazole rings is 1. The molecule has 1 fully saturated rings. The number of hydrogen-bond donors (Lipinski definition) is 0. The molecular formula is C22H32N4O3. The van der Waals surface area contributed by atoms with Crippen molar-refractivity contribution in [2.45, 2.75) is 51.7 Å². The van der Waals surface area contributed by atoms with Crippen LogP contribution in [0.3, 0.4) is 0 Å². The summed E-state index contributed by atoms with van der Waals surface area (Å²) in [4.78, 5) is 23.6. The second-order valence-corrected chi connectivity index (χ2v) is 7.51. The van der Waals surface area contributed by atoms with Gasteiger partial charge < -0.3 is 18.9 Å². The molecule has 1 aliphatic heterocycles. The number of carbonyl (C=O) groups excluding carboxylic acids is 1. The number of likely N-dealkylation sites (tertiary alicyclic amines) is 1. The zero-order chi connectivity index (χ0) is 20.5. The molecular weight excluding hydrogens is 368 g/mol. The van der Waals surface area contributed by atoms with Crippen LogP contribution in [0.5, 0.6) is 0 Å². The number of ether oxygens (including phenoxy) is 2. The lowest BCUT2D eigenvalue weighted by Crippen LogP contribution is -2.38. The van der Waals surface area contributed by atoms with Crippen molar-refractivity contribution >= 4 is 5.91 Å². The average molecular weight is 401 g/mol. The van der Waals surface area contributed by atoms with Crippen LogP contribution in [0.1, 0.15) is 60.4 Å². The minimum Gasteiger partial charge on any atom is -0.382 e. The van der Waals surface area contributed by atoms with Gasteiger partial charge in [-0.25, -0.2) is 4.98 Å². The molecule has 0 N–H and O–H groups in total. The van der Waals surface area contributed by atoms with E-state index in [1.54, 1.807) is 7.11 Å². The molecule has 0 unspecified atom stereocenters. The summed E-state index contributed by atoms with van der Waals surface area (Å²) in [7, 11) is 1.66. The maximum atomic E-state index is 12.8. The van der Waals surface area contributed by atoms with E-state index in [1.807, 2.05) is 40.2 Å². The Morgan fingerprint density at radius 1 is 1.21 bits per heavy atom. The molecule has 0 saturated carbocycles. The fourth-order valence-corrected chi connectivity index (χ4v) is 3.68. The fourth-order valence-electron chi connectivity index (χ4n) is 3.68. The van der Waals surface area contributed by atoms with Crippen LogP contribution in [0.4, 0.5) is 0 Å².